The summed E-state index contributed by atoms with van der Waals surface area (Å²) in [6.07, 6.45) is 0.535. The van der Waals surface area contributed by atoms with E-state index < -0.39 is 5.97 Å². The molecule has 1 N–H and O–H groups in total. The number of hydrogen-bond acceptors (Lipinski definition) is 4. The molecule has 0 saturated carbocycles. The monoisotopic (exact) mass is 280 g/mol. The van der Waals surface area contributed by atoms with Crippen LogP contribution in [0.5, 0.6) is 0 Å². The molecule has 7 heteroatoms. The summed E-state index contributed by atoms with van der Waals surface area (Å²) in [5, 5.41) is 21.2. The Labute approximate surface area is 115 Å². The van der Waals surface area contributed by atoms with Gasteiger partial charge in [0.15, 0.2) is 11.0 Å². The molecule has 0 aliphatic heterocycles. The molecule has 2 rings (SSSR count). The van der Waals surface area contributed by atoms with Gasteiger partial charge in [-0.05, 0) is 38.0 Å². The summed E-state index contributed by atoms with van der Waals surface area (Å²) in [5.41, 5.74) is 2.60. The van der Waals surface area contributed by atoms with Gasteiger partial charge in [0.25, 0.3) is 0 Å². The molecular weight excluding hydrogens is 268 g/mol. The average molecular weight is 281 g/mol. The van der Waals surface area contributed by atoms with Crippen LogP contribution in [0.15, 0.2) is 12.1 Å². The van der Waals surface area contributed by atoms with Crippen LogP contribution in [0.25, 0.3) is 5.82 Å². The van der Waals surface area contributed by atoms with Crippen molar-refractivity contribution in [2.24, 2.45) is 0 Å². The lowest BCUT2D eigenvalue weighted by Crippen LogP contribution is -2.04. The maximum Gasteiger partial charge on any atom is 0.303 e. The average Bonchev–Trinajstić information content (AvgIpc) is 2.63. The van der Waals surface area contributed by atoms with E-state index in [0.29, 0.717) is 17.4 Å². The molecule has 100 valence electrons. The number of aromatic nitrogens is 4. The smallest absolute Gasteiger partial charge is 0.303 e. The molecule has 0 saturated heterocycles. The van der Waals surface area contributed by atoms with Gasteiger partial charge in [-0.25, -0.2) is 4.68 Å². The number of carboxylic acids is 1. The molecular formula is C12H13ClN4O2. The van der Waals surface area contributed by atoms with E-state index in [0.717, 1.165) is 17.0 Å². The van der Waals surface area contributed by atoms with E-state index in [9.17, 15) is 4.79 Å². The Hall–Kier alpha value is -1.95. The minimum Gasteiger partial charge on any atom is -0.481 e. The van der Waals surface area contributed by atoms with E-state index in [2.05, 4.69) is 15.3 Å². The van der Waals surface area contributed by atoms with Crippen LogP contribution in [0.4, 0.5) is 0 Å². The van der Waals surface area contributed by atoms with Gasteiger partial charge in [0.1, 0.15) is 0 Å². The first-order valence-electron chi connectivity index (χ1n) is 5.75. The van der Waals surface area contributed by atoms with E-state index >= 15 is 0 Å². The van der Waals surface area contributed by atoms with Crippen molar-refractivity contribution in [3.8, 4) is 5.82 Å². The van der Waals surface area contributed by atoms with Gasteiger partial charge in [-0.1, -0.05) is 11.6 Å². The van der Waals surface area contributed by atoms with E-state index in [1.165, 1.54) is 0 Å². The van der Waals surface area contributed by atoms with Crippen LogP contribution in [-0.2, 0) is 11.2 Å². The highest BCUT2D eigenvalue weighted by Gasteiger charge is 2.14. The molecule has 19 heavy (non-hydrogen) atoms. The number of nitrogens with zero attached hydrogens (tertiary/aromatic N) is 4. The Bertz CT molecular complexity index is 607. The van der Waals surface area contributed by atoms with Gasteiger partial charge in [-0.2, -0.15) is 5.10 Å². The number of aliphatic carboxylic acids is 1. The Morgan fingerprint density at radius 2 is 2.11 bits per heavy atom. The second-order valence-corrected chi connectivity index (χ2v) is 4.56. The largest absolute Gasteiger partial charge is 0.481 e. The highest BCUT2D eigenvalue weighted by Crippen LogP contribution is 2.18. The van der Waals surface area contributed by atoms with Gasteiger partial charge < -0.3 is 5.11 Å². The van der Waals surface area contributed by atoms with Crippen molar-refractivity contribution < 1.29 is 9.90 Å². The van der Waals surface area contributed by atoms with Gasteiger partial charge in [0, 0.05) is 12.1 Å². The molecule has 0 aliphatic rings. The quantitative estimate of drug-likeness (QED) is 0.926. The number of aryl methyl sites for hydroxylation is 1. The number of rotatable bonds is 4. The minimum absolute atomic E-state index is 0.0830. The molecule has 0 bridgehead atoms. The van der Waals surface area contributed by atoms with Crippen LogP contribution < -0.4 is 0 Å². The van der Waals surface area contributed by atoms with Crippen LogP contribution in [0.3, 0.4) is 0 Å². The summed E-state index contributed by atoms with van der Waals surface area (Å²) in [6.45, 7) is 3.73. The van der Waals surface area contributed by atoms with Crippen LogP contribution in [0.1, 0.15) is 23.4 Å². The summed E-state index contributed by atoms with van der Waals surface area (Å²) >= 11 is 5.69. The predicted octanol–water partition coefficient (Wildman–Crippen LogP) is 1.95. The van der Waals surface area contributed by atoms with Crippen molar-refractivity contribution in [2.75, 3.05) is 0 Å². The fourth-order valence-corrected chi connectivity index (χ4v) is 2.01. The topological polar surface area (TPSA) is 80.9 Å². The molecule has 6 nitrogen and oxygen atoms in total. The molecule has 2 heterocycles. The van der Waals surface area contributed by atoms with Crippen LogP contribution in [0, 0.1) is 13.8 Å². The summed E-state index contributed by atoms with van der Waals surface area (Å²) in [5.74, 6) is -0.260. The SMILES string of the molecule is Cc1nn(-c2ccc(Cl)nn2)c(C)c1CCC(=O)O. The first-order chi connectivity index (χ1) is 8.99. The van der Waals surface area contributed by atoms with E-state index in [1.807, 2.05) is 13.8 Å². The summed E-state index contributed by atoms with van der Waals surface area (Å²) in [7, 11) is 0. The second kappa shape index (κ2) is 5.36. The van der Waals surface area contributed by atoms with Gasteiger partial charge in [0.05, 0.1) is 5.69 Å². The lowest BCUT2D eigenvalue weighted by molar-refractivity contribution is -0.136. The zero-order valence-electron chi connectivity index (χ0n) is 10.6. The lowest BCUT2D eigenvalue weighted by atomic mass is 10.1. The first kappa shape index (κ1) is 13.5. The molecule has 0 unspecified atom stereocenters. The Morgan fingerprint density at radius 3 is 2.68 bits per heavy atom. The molecule has 2 aromatic rings. The van der Waals surface area contributed by atoms with Gasteiger partial charge in [-0.15, -0.1) is 10.2 Å². The number of carboxylic acid groups (broad SMARTS) is 1. The maximum atomic E-state index is 10.6. The zero-order valence-corrected chi connectivity index (χ0v) is 11.3. The fraction of sp³-hybridized carbons (Fsp3) is 0.333. The van der Waals surface area contributed by atoms with Gasteiger partial charge >= 0.3 is 5.97 Å². The molecule has 0 spiro atoms. The number of halogens is 1. The van der Waals surface area contributed by atoms with Crippen molar-refractivity contribution in [3.63, 3.8) is 0 Å². The molecule has 0 fully saturated rings. The van der Waals surface area contributed by atoms with E-state index in [-0.39, 0.29) is 6.42 Å². The maximum absolute atomic E-state index is 10.6. The van der Waals surface area contributed by atoms with Crippen LogP contribution in [-0.4, -0.2) is 31.1 Å². The Kier molecular flexibility index (Phi) is 3.80. The van der Waals surface area contributed by atoms with Crippen molar-refractivity contribution in [2.45, 2.75) is 26.7 Å². The predicted molar refractivity (Wildman–Crippen MR) is 69.6 cm³/mol. The summed E-state index contributed by atoms with van der Waals surface area (Å²) in [6, 6.07) is 3.35. The third kappa shape index (κ3) is 2.90. The third-order valence-electron chi connectivity index (χ3n) is 2.86. The normalized spacial score (nSPS) is 10.7. The first-order valence-corrected chi connectivity index (χ1v) is 6.13. The standard InChI is InChI=1S/C12H13ClN4O2/c1-7-9(3-6-12(18)19)8(2)17(16-7)11-5-4-10(13)14-15-11/h4-5H,3,6H2,1-2H3,(H,18,19). The molecule has 0 atom stereocenters. The molecule has 2 aromatic heterocycles. The number of carbonyl (C=O) groups is 1. The lowest BCUT2D eigenvalue weighted by Gasteiger charge is -2.03. The van der Waals surface area contributed by atoms with Crippen molar-refractivity contribution in [1.29, 1.82) is 0 Å². The van der Waals surface area contributed by atoms with E-state index in [4.69, 9.17) is 16.7 Å². The highest BCUT2D eigenvalue weighted by molar-refractivity contribution is 6.29. The zero-order chi connectivity index (χ0) is 14.0. The molecule has 0 radical (unpaired) electrons. The summed E-state index contributed by atoms with van der Waals surface area (Å²) < 4.78 is 1.65. The van der Waals surface area contributed by atoms with Gasteiger partial charge in [0.2, 0.25) is 0 Å². The fourth-order valence-electron chi connectivity index (χ4n) is 1.91. The van der Waals surface area contributed by atoms with Crippen LogP contribution >= 0.6 is 11.6 Å². The third-order valence-corrected chi connectivity index (χ3v) is 3.07. The summed E-state index contributed by atoms with van der Waals surface area (Å²) in [4.78, 5) is 10.6. The van der Waals surface area contributed by atoms with Gasteiger partial charge in [-0.3, -0.25) is 4.79 Å². The van der Waals surface area contributed by atoms with Crippen LogP contribution in [0.2, 0.25) is 5.15 Å². The Morgan fingerprint density at radius 1 is 1.37 bits per heavy atom. The molecule has 0 amide bonds. The Balaban J connectivity index is 2.35. The van der Waals surface area contributed by atoms with E-state index in [1.54, 1.807) is 16.8 Å². The second-order valence-electron chi connectivity index (χ2n) is 4.17. The van der Waals surface area contributed by atoms with Crippen molar-refractivity contribution in [3.05, 3.63) is 34.2 Å². The van der Waals surface area contributed by atoms with Crippen molar-refractivity contribution in [1.82, 2.24) is 20.0 Å². The molecule has 0 aromatic carbocycles. The highest BCUT2D eigenvalue weighted by atomic mass is 35.5. The minimum atomic E-state index is -0.821. The van der Waals surface area contributed by atoms with Crippen molar-refractivity contribution >= 4 is 17.6 Å². The number of hydrogen-bond donors (Lipinski definition) is 1. The molecule has 0 aliphatic carbocycles.